The molecule has 1 aromatic rings. The van der Waals surface area contributed by atoms with E-state index in [0.717, 1.165) is 15.4 Å². The van der Waals surface area contributed by atoms with E-state index in [2.05, 4.69) is 38.4 Å². The zero-order chi connectivity index (χ0) is 19.0. The van der Waals surface area contributed by atoms with Crippen molar-refractivity contribution in [3.8, 4) is 0 Å². The van der Waals surface area contributed by atoms with Gasteiger partial charge < -0.3 is 5.32 Å². The number of rotatable bonds is 5. The van der Waals surface area contributed by atoms with Crippen LogP contribution in [0.2, 0.25) is 0 Å². The van der Waals surface area contributed by atoms with Crippen LogP contribution in [0.3, 0.4) is 0 Å². The molecule has 0 spiro atoms. The molecule has 4 saturated carbocycles. The summed E-state index contributed by atoms with van der Waals surface area (Å²) in [5.74, 6) is 2.91. The number of carbonyl (C=O) groups excluding carboxylic acids is 2. The molecule has 0 saturated heterocycles. The molecule has 0 unspecified atom stereocenters. The maximum atomic E-state index is 12.5. The lowest BCUT2D eigenvalue weighted by atomic mass is 9.54. The average molecular weight is 479 g/mol. The molecule has 0 aromatic heterocycles. The second-order valence-electron chi connectivity index (χ2n) is 8.50. The van der Waals surface area contributed by atoms with Gasteiger partial charge in [0.05, 0.1) is 6.42 Å². The van der Waals surface area contributed by atoms with Gasteiger partial charge in [0.15, 0.2) is 0 Å². The quantitative estimate of drug-likeness (QED) is 0.384. The van der Waals surface area contributed by atoms with Crippen molar-refractivity contribution in [2.24, 2.45) is 28.8 Å². The molecule has 0 aliphatic heterocycles. The normalized spacial score (nSPS) is 31.6. The van der Waals surface area contributed by atoms with Gasteiger partial charge in [0, 0.05) is 20.9 Å². The summed E-state index contributed by atoms with van der Waals surface area (Å²) in [6, 6.07) is 7.67. The minimum Gasteiger partial charge on any atom is -0.352 e. The number of hydrazone groups is 1. The predicted octanol–water partition coefficient (Wildman–Crippen LogP) is 3.73. The van der Waals surface area contributed by atoms with Crippen molar-refractivity contribution < 1.29 is 9.59 Å². The minimum absolute atomic E-state index is 0.0252. The molecule has 0 atom stereocenters. The number of benzene rings is 1. The fourth-order valence-electron chi connectivity index (χ4n) is 5.51. The molecule has 4 aliphatic carbocycles. The van der Waals surface area contributed by atoms with Crippen LogP contribution in [-0.2, 0) is 4.79 Å². The molecule has 1 aromatic carbocycles. The molecule has 5 nitrogen and oxygen atoms in total. The van der Waals surface area contributed by atoms with Crippen LogP contribution in [0.4, 0.5) is 0 Å². The molecule has 4 bridgehead atoms. The molecule has 2 amide bonds. The summed E-state index contributed by atoms with van der Waals surface area (Å²) in [6.07, 6.45) is 6.80. The molecule has 6 heteroatoms. The van der Waals surface area contributed by atoms with Gasteiger partial charge in [-0.2, -0.15) is 5.10 Å². The highest BCUT2D eigenvalue weighted by Gasteiger charge is 2.48. The molecule has 4 fully saturated rings. The van der Waals surface area contributed by atoms with Crippen LogP contribution in [-0.4, -0.2) is 23.6 Å². The van der Waals surface area contributed by atoms with E-state index in [4.69, 9.17) is 0 Å². The van der Waals surface area contributed by atoms with E-state index in [-0.39, 0.29) is 18.2 Å². The van der Waals surface area contributed by atoms with E-state index < -0.39 is 0 Å². The second-order valence-corrected chi connectivity index (χ2v) is 9.74. The first-order chi connectivity index (χ1) is 13.0. The Balaban J connectivity index is 1.29. The molecular weight excluding hydrogens is 453 g/mol. The first-order valence-corrected chi connectivity index (χ1v) is 10.9. The van der Waals surface area contributed by atoms with Crippen molar-refractivity contribution in [2.75, 3.05) is 0 Å². The van der Waals surface area contributed by atoms with Crippen molar-refractivity contribution in [3.05, 3.63) is 33.4 Å². The van der Waals surface area contributed by atoms with Gasteiger partial charge in [0.1, 0.15) is 0 Å². The van der Waals surface area contributed by atoms with Gasteiger partial charge in [-0.3, -0.25) is 9.59 Å². The van der Waals surface area contributed by atoms with Crippen molar-refractivity contribution >= 4 is 40.1 Å². The summed E-state index contributed by atoms with van der Waals surface area (Å²) in [5, 5.41) is 7.39. The van der Waals surface area contributed by atoms with E-state index in [0.29, 0.717) is 29.2 Å². The Bertz CT molecular complexity index is 748. The Morgan fingerprint density at radius 3 is 2.41 bits per heavy atom. The molecule has 4 aliphatic rings. The zero-order valence-corrected chi connectivity index (χ0v) is 17.7. The highest BCUT2D eigenvalue weighted by atomic mass is 127. The van der Waals surface area contributed by atoms with Crippen molar-refractivity contribution in [1.82, 2.24) is 10.7 Å². The van der Waals surface area contributed by atoms with Gasteiger partial charge in [-0.1, -0.05) is 6.07 Å². The maximum absolute atomic E-state index is 12.5. The van der Waals surface area contributed by atoms with Crippen LogP contribution in [0, 0.1) is 27.2 Å². The summed E-state index contributed by atoms with van der Waals surface area (Å²) in [7, 11) is 0. The minimum atomic E-state index is -0.255. The topological polar surface area (TPSA) is 70.6 Å². The van der Waals surface area contributed by atoms with Crippen molar-refractivity contribution in [2.45, 2.75) is 51.5 Å². The molecule has 5 rings (SSSR count). The summed E-state index contributed by atoms with van der Waals surface area (Å²) < 4.78 is 0.996. The van der Waals surface area contributed by atoms with E-state index in [1.165, 1.54) is 32.1 Å². The van der Waals surface area contributed by atoms with Crippen LogP contribution < -0.4 is 10.7 Å². The Kier molecular flexibility index (Phi) is 5.53. The molecule has 0 heterocycles. The number of halogens is 1. The number of nitrogens with zero attached hydrogens (tertiary/aromatic N) is 1. The summed E-state index contributed by atoms with van der Waals surface area (Å²) in [4.78, 5) is 24.6. The fraction of sp³-hybridized carbons (Fsp3) is 0.571. The molecule has 144 valence electrons. The van der Waals surface area contributed by atoms with Gasteiger partial charge in [0.2, 0.25) is 5.91 Å². The monoisotopic (exact) mass is 479 g/mol. The molecule has 0 radical (unpaired) electrons. The lowest BCUT2D eigenvalue weighted by Crippen LogP contribution is -2.56. The maximum Gasteiger partial charge on any atom is 0.271 e. The van der Waals surface area contributed by atoms with Gasteiger partial charge in [-0.15, -0.1) is 0 Å². The first-order valence-electron chi connectivity index (χ1n) is 9.86. The Hall–Kier alpha value is -1.44. The highest BCUT2D eigenvalue weighted by Crippen LogP contribution is 2.53. The van der Waals surface area contributed by atoms with Crippen molar-refractivity contribution in [1.29, 1.82) is 0 Å². The number of hydrogen-bond donors (Lipinski definition) is 2. The lowest BCUT2D eigenvalue weighted by molar-refractivity contribution is -0.123. The molecule has 2 N–H and O–H groups in total. The van der Waals surface area contributed by atoms with Gasteiger partial charge in [-0.05, 0) is 103 Å². The largest absolute Gasteiger partial charge is 0.352 e. The first kappa shape index (κ1) is 18.9. The Labute approximate surface area is 173 Å². The van der Waals surface area contributed by atoms with Crippen LogP contribution in [0.1, 0.15) is 55.8 Å². The van der Waals surface area contributed by atoms with E-state index in [1.807, 2.05) is 12.1 Å². The third-order valence-corrected chi connectivity index (χ3v) is 7.08. The second kappa shape index (κ2) is 7.89. The third-order valence-electron chi connectivity index (χ3n) is 6.41. The number of nitrogens with one attached hydrogen (secondary N) is 2. The van der Waals surface area contributed by atoms with Gasteiger partial charge in [0.25, 0.3) is 5.91 Å². The van der Waals surface area contributed by atoms with E-state index in [9.17, 15) is 9.59 Å². The van der Waals surface area contributed by atoms with E-state index in [1.54, 1.807) is 19.1 Å². The Morgan fingerprint density at radius 2 is 1.78 bits per heavy atom. The smallest absolute Gasteiger partial charge is 0.271 e. The lowest BCUT2D eigenvalue weighted by Gasteiger charge is -2.54. The number of hydrogen-bond acceptors (Lipinski definition) is 3. The van der Waals surface area contributed by atoms with Gasteiger partial charge in [-0.25, -0.2) is 5.43 Å². The number of amides is 2. The zero-order valence-electron chi connectivity index (χ0n) is 15.6. The average Bonchev–Trinajstić information content (AvgIpc) is 2.62. The fourth-order valence-corrected chi connectivity index (χ4v) is 6.05. The highest BCUT2D eigenvalue weighted by molar-refractivity contribution is 14.1. The molecule has 27 heavy (non-hydrogen) atoms. The van der Waals surface area contributed by atoms with E-state index >= 15 is 0 Å². The van der Waals surface area contributed by atoms with Crippen LogP contribution in [0.15, 0.2) is 29.4 Å². The number of carbonyl (C=O) groups is 2. The van der Waals surface area contributed by atoms with Crippen LogP contribution in [0.5, 0.6) is 0 Å². The Morgan fingerprint density at radius 1 is 1.11 bits per heavy atom. The third kappa shape index (κ3) is 4.36. The van der Waals surface area contributed by atoms with Crippen molar-refractivity contribution in [3.63, 3.8) is 0 Å². The predicted molar refractivity (Wildman–Crippen MR) is 113 cm³/mol. The SMILES string of the molecule is C/C(CC(=O)NC1C2CC3CC(C2)CC1C3)=N/NC(=O)c1cccc(I)c1. The standard InChI is InChI=1S/C21H26IN3O2/c1-12(24-25-21(27)15-3-2-4-18(22)11-15)5-19(26)23-20-16-7-13-6-14(9-16)10-17(20)8-13/h2-4,11,13-14,16-17,20H,5-10H2,1H3,(H,23,26)(H,25,27)/b24-12-. The summed E-state index contributed by atoms with van der Waals surface area (Å²) in [5.41, 5.74) is 3.74. The van der Waals surface area contributed by atoms with Crippen LogP contribution in [0.25, 0.3) is 0 Å². The summed E-state index contributed by atoms with van der Waals surface area (Å²) in [6.45, 7) is 1.78. The van der Waals surface area contributed by atoms with Crippen LogP contribution >= 0.6 is 22.6 Å². The molecular formula is C21H26IN3O2. The van der Waals surface area contributed by atoms with Gasteiger partial charge >= 0.3 is 0 Å². The summed E-state index contributed by atoms with van der Waals surface area (Å²) >= 11 is 2.17.